The second-order valence-corrected chi connectivity index (χ2v) is 4.67. The molecule has 102 valence electrons. The van der Waals surface area contributed by atoms with Crippen molar-refractivity contribution in [2.24, 2.45) is 0 Å². The predicted octanol–water partition coefficient (Wildman–Crippen LogP) is 2.99. The molecule has 1 aromatic carbocycles. The molecule has 2 rings (SSSR count). The third-order valence-corrected chi connectivity index (χ3v) is 3.41. The van der Waals surface area contributed by atoms with Gasteiger partial charge in [-0.25, -0.2) is 0 Å². The minimum Gasteiger partial charge on any atom is -0.469 e. The second kappa shape index (κ2) is 5.89. The van der Waals surface area contributed by atoms with Crippen molar-refractivity contribution >= 4 is 16.9 Å². The van der Waals surface area contributed by atoms with Crippen molar-refractivity contribution in [3.05, 3.63) is 36.1 Å². The van der Waals surface area contributed by atoms with Crippen molar-refractivity contribution in [1.29, 1.82) is 0 Å². The third kappa shape index (κ3) is 3.15. The summed E-state index contributed by atoms with van der Waals surface area (Å²) in [5, 5.41) is 1.10. The SMILES string of the molecule is COC(=O)CCN(C)C(C)c1cc2ccccc2o1. The predicted molar refractivity (Wildman–Crippen MR) is 73.9 cm³/mol. The number of nitrogens with zero attached hydrogens (tertiary/aromatic N) is 1. The minimum absolute atomic E-state index is 0.122. The van der Waals surface area contributed by atoms with E-state index in [9.17, 15) is 4.79 Å². The molecule has 4 heteroatoms. The van der Waals surface area contributed by atoms with E-state index >= 15 is 0 Å². The summed E-state index contributed by atoms with van der Waals surface area (Å²) in [5.74, 6) is 0.720. The van der Waals surface area contributed by atoms with E-state index in [2.05, 4.69) is 22.6 Å². The standard InChI is InChI=1S/C15H19NO3/c1-11(16(2)9-8-15(17)18-3)14-10-12-6-4-5-7-13(12)19-14/h4-7,10-11H,8-9H2,1-3H3. The zero-order valence-corrected chi connectivity index (χ0v) is 11.6. The van der Waals surface area contributed by atoms with E-state index in [1.54, 1.807) is 0 Å². The Balaban J connectivity index is 2.05. The molecular formula is C15H19NO3. The number of hydrogen-bond acceptors (Lipinski definition) is 4. The van der Waals surface area contributed by atoms with Crippen LogP contribution in [-0.2, 0) is 9.53 Å². The van der Waals surface area contributed by atoms with Gasteiger partial charge in [-0.2, -0.15) is 0 Å². The van der Waals surface area contributed by atoms with Crippen LogP contribution in [0.4, 0.5) is 0 Å². The summed E-state index contributed by atoms with van der Waals surface area (Å²) >= 11 is 0. The Kier molecular flexibility index (Phi) is 4.22. The van der Waals surface area contributed by atoms with Crippen molar-refractivity contribution in [2.75, 3.05) is 20.7 Å². The van der Waals surface area contributed by atoms with Gasteiger partial charge >= 0.3 is 5.97 Å². The quantitative estimate of drug-likeness (QED) is 0.776. The number of furan rings is 1. The van der Waals surface area contributed by atoms with E-state index in [1.165, 1.54) is 7.11 Å². The molecule has 0 aliphatic rings. The first-order valence-corrected chi connectivity index (χ1v) is 6.37. The van der Waals surface area contributed by atoms with Crippen LogP contribution in [0, 0.1) is 0 Å². The number of para-hydroxylation sites is 1. The molecule has 0 N–H and O–H groups in total. The summed E-state index contributed by atoms with van der Waals surface area (Å²) in [6.45, 7) is 2.71. The topological polar surface area (TPSA) is 42.7 Å². The van der Waals surface area contributed by atoms with Crippen LogP contribution in [0.15, 0.2) is 34.7 Å². The summed E-state index contributed by atoms with van der Waals surface area (Å²) < 4.78 is 10.5. The zero-order chi connectivity index (χ0) is 13.8. The number of ether oxygens (including phenoxy) is 1. The van der Waals surface area contributed by atoms with Gasteiger partial charge in [-0.15, -0.1) is 0 Å². The van der Waals surface area contributed by atoms with Gasteiger partial charge in [-0.1, -0.05) is 18.2 Å². The molecule has 1 aromatic heterocycles. The summed E-state index contributed by atoms with van der Waals surface area (Å²) in [6, 6.07) is 10.1. The molecule has 0 aliphatic heterocycles. The lowest BCUT2D eigenvalue weighted by molar-refractivity contribution is -0.141. The Hall–Kier alpha value is -1.81. The first-order chi connectivity index (χ1) is 9.11. The largest absolute Gasteiger partial charge is 0.469 e. The number of fused-ring (bicyclic) bond motifs is 1. The summed E-state index contributed by atoms with van der Waals surface area (Å²) in [6.07, 6.45) is 0.386. The molecule has 1 heterocycles. The van der Waals surface area contributed by atoms with Crippen LogP contribution in [0.25, 0.3) is 11.0 Å². The zero-order valence-electron chi connectivity index (χ0n) is 11.6. The van der Waals surface area contributed by atoms with E-state index in [1.807, 2.05) is 31.3 Å². The minimum atomic E-state index is -0.191. The van der Waals surface area contributed by atoms with Crippen molar-refractivity contribution in [2.45, 2.75) is 19.4 Å². The van der Waals surface area contributed by atoms with Gasteiger partial charge in [0.15, 0.2) is 0 Å². The van der Waals surface area contributed by atoms with Crippen LogP contribution in [-0.4, -0.2) is 31.6 Å². The summed E-state index contributed by atoms with van der Waals surface area (Å²) in [4.78, 5) is 13.2. The fraction of sp³-hybridized carbons (Fsp3) is 0.400. The second-order valence-electron chi connectivity index (χ2n) is 4.67. The van der Waals surface area contributed by atoms with Crippen LogP contribution in [0.5, 0.6) is 0 Å². The van der Waals surface area contributed by atoms with Crippen LogP contribution >= 0.6 is 0 Å². The van der Waals surface area contributed by atoms with E-state index in [4.69, 9.17) is 4.42 Å². The maximum absolute atomic E-state index is 11.1. The van der Waals surface area contributed by atoms with Gasteiger partial charge in [0, 0.05) is 11.9 Å². The molecule has 2 aromatic rings. The number of hydrogen-bond donors (Lipinski definition) is 0. The molecule has 1 unspecified atom stereocenters. The molecule has 0 saturated heterocycles. The molecule has 0 saturated carbocycles. The average molecular weight is 261 g/mol. The van der Waals surface area contributed by atoms with Crippen molar-refractivity contribution in [3.8, 4) is 0 Å². The molecule has 0 aliphatic carbocycles. The van der Waals surface area contributed by atoms with Crippen molar-refractivity contribution < 1.29 is 13.9 Å². The Morgan fingerprint density at radius 3 is 2.84 bits per heavy atom. The van der Waals surface area contributed by atoms with Crippen LogP contribution in [0.3, 0.4) is 0 Å². The van der Waals surface area contributed by atoms with Gasteiger partial charge in [0.05, 0.1) is 19.6 Å². The molecule has 19 heavy (non-hydrogen) atoms. The highest BCUT2D eigenvalue weighted by molar-refractivity contribution is 5.77. The average Bonchev–Trinajstić information content (AvgIpc) is 2.87. The highest BCUT2D eigenvalue weighted by atomic mass is 16.5. The van der Waals surface area contributed by atoms with Crippen LogP contribution in [0.2, 0.25) is 0 Å². The Labute approximate surface area is 112 Å². The van der Waals surface area contributed by atoms with E-state index in [0.717, 1.165) is 16.7 Å². The van der Waals surface area contributed by atoms with Gasteiger partial charge in [0.2, 0.25) is 0 Å². The number of methoxy groups -OCH3 is 1. The molecule has 0 bridgehead atoms. The molecule has 0 fully saturated rings. The molecule has 0 amide bonds. The lowest BCUT2D eigenvalue weighted by atomic mass is 10.2. The Morgan fingerprint density at radius 1 is 1.42 bits per heavy atom. The van der Waals surface area contributed by atoms with E-state index < -0.39 is 0 Å². The number of rotatable bonds is 5. The summed E-state index contributed by atoms with van der Waals surface area (Å²) in [7, 11) is 3.38. The van der Waals surface area contributed by atoms with Gasteiger partial charge in [0.1, 0.15) is 11.3 Å². The molecule has 0 spiro atoms. The van der Waals surface area contributed by atoms with Gasteiger partial charge in [-0.3, -0.25) is 9.69 Å². The molecule has 4 nitrogen and oxygen atoms in total. The van der Waals surface area contributed by atoms with Crippen molar-refractivity contribution in [1.82, 2.24) is 4.90 Å². The third-order valence-electron chi connectivity index (χ3n) is 3.41. The van der Waals surface area contributed by atoms with E-state index in [-0.39, 0.29) is 12.0 Å². The van der Waals surface area contributed by atoms with Gasteiger partial charge < -0.3 is 9.15 Å². The van der Waals surface area contributed by atoms with E-state index in [0.29, 0.717) is 13.0 Å². The number of carbonyl (C=O) groups excluding carboxylic acids is 1. The van der Waals surface area contributed by atoms with Crippen LogP contribution in [0.1, 0.15) is 25.1 Å². The highest BCUT2D eigenvalue weighted by Gasteiger charge is 2.17. The molecular weight excluding hydrogens is 242 g/mol. The maximum Gasteiger partial charge on any atom is 0.306 e. The Morgan fingerprint density at radius 2 is 2.16 bits per heavy atom. The lowest BCUT2D eigenvalue weighted by Crippen LogP contribution is -2.25. The monoisotopic (exact) mass is 261 g/mol. The number of carbonyl (C=O) groups is 1. The first kappa shape index (κ1) is 13.6. The van der Waals surface area contributed by atoms with Gasteiger partial charge in [-0.05, 0) is 26.1 Å². The summed E-state index contributed by atoms with van der Waals surface area (Å²) in [5.41, 5.74) is 0.894. The normalized spacial score (nSPS) is 12.8. The number of benzene rings is 1. The fourth-order valence-corrected chi connectivity index (χ4v) is 1.99. The Bertz CT molecular complexity index is 528. The van der Waals surface area contributed by atoms with Crippen LogP contribution < -0.4 is 0 Å². The van der Waals surface area contributed by atoms with Crippen molar-refractivity contribution in [3.63, 3.8) is 0 Å². The number of esters is 1. The maximum atomic E-state index is 11.1. The van der Waals surface area contributed by atoms with Gasteiger partial charge in [0.25, 0.3) is 0 Å². The smallest absolute Gasteiger partial charge is 0.306 e. The molecule has 0 radical (unpaired) electrons. The lowest BCUT2D eigenvalue weighted by Gasteiger charge is -2.22. The first-order valence-electron chi connectivity index (χ1n) is 6.37. The fourth-order valence-electron chi connectivity index (χ4n) is 1.99. The molecule has 1 atom stereocenters. The highest BCUT2D eigenvalue weighted by Crippen LogP contribution is 2.26.